The first-order chi connectivity index (χ1) is 11.3. The molecule has 1 heterocycles. The first kappa shape index (κ1) is 18.2. The van der Waals surface area contributed by atoms with Gasteiger partial charge in [0.2, 0.25) is 15.9 Å². The molecular weight excluding hydrogens is 330 g/mol. The number of hydrogen-bond donors (Lipinski definition) is 1. The van der Waals surface area contributed by atoms with Crippen LogP contribution in [-0.4, -0.2) is 37.9 Å². The molecule has 0 aliphatic heterocycles. The SMILES string of the molecule is COc1ccc(CC(c2cnc(OC)cn2)C(C)S(N)(=O)=O)cc1. The van der Waals surface area contributed by atoms with Crippen LogP contribution in [0.15, 0.2) is 36.7 Å². The monoisotopic (exact) mass is 351 g/mol. The van der Waals surface area contributed by atoms with Crippen LogP contribution in [0.3, 0.4) is 0 Å². The van der Waals surface area contributed by atoms with Gasteiger partial charge in [-0.2, -0.15) is 0 Å². The van der Waals surface area contributed by atoms with E-state index < -0.39 is 21.2 Å². The molecule has 2 unspecified atom stereocenters. The first-order valence-electron chi connectivity index (χ1n) is 7.35. The van der Waals surface area contributed by atoms with Gasteiger partial charge in [-0.25, -0.2) is 18.5 Å². The van der Waals surface area contributed by atoms with Gasteiger partial charge in [0.15, 0.2) is 0 Å². The number of nitrogens with two attached hydrogens (primary N) is 1. The Morgan fingerprint density at radius 2 is 1.75 bits per heavy atom. The predicted octanol–water partition coefficient (Wildman–Crippen LogP) is 1.50. The van der Waals surface area contributed by atoms with Crippen LogP contribution < -0.4 is 14.6 Å². The molecule has 0 radical (unpaired) electrons. The van der Waals surface area contributed by atoms with Crippen LogP contribution in [0.1, 0.15) is 24.1 Å². The van der Waals surface area contributed by atoms with Crippen molar-refractivity contribution in [2.75, 3.05) is 14.2 Å². The van der Waals surface area contributed by atoms with Crippen LogP contribution in [0, 0.1) is 0 Å². The summed E-state index contributed by atoms with van der Waals surface area (Å²) < 4.78 is 33.8. The summed E-state index contributed by atoms with van der Waals surface area (Å²) in [5, 5.41) is 4.55. The van der Waals surface area contributed by atoms with Crippen molar-refractivity contribution in [2.45, 2.75) is 24.5 Å². The zero-order valence-corrected chi connectivity index (χ0v) is 14.7. The smallest absolute Gasteiger partial charge is 0.231 e. The minimum absolute atomic E-state index is 0.366. The van der Waals surface area contributed by atoms with Crippen molar-refractivity contribution in [1.82, 2.24) is 9.97 Å². The van der Waals surface area contributed by atoms with E-state index >= 15 is 0 Å². The molecule has 0 aliphatic carbocycles. The number of aromatic nitrogens is 2. The normalized spacial score (nSPS) is 14.0. The maximum Gasteiger partial charge on any atom is 0.231 e. The van der Waals surface area contributed by atoms with Crippen molar-refractivity contribution >= 4 is 10.0 Å². The van der Waals surface area contributed by atoms with Crippen molar-refractivity contribution in [3.63, 3.8) is 0 Å². The molecule has 1 aromatic carbocycles. The predicted molar refractivity (Wildman–Crippen MR) is 90.6 cm³/mol. The molecule has 2 rings (SSSR count). The second kappa shape index (κ2) is 7.59. The largest absolute Gasteiger partial charge is 0.497 e. The Kier molecular flexibility index (Phi) is 5.74. The summed E-state index contributed by atoms with van der Waals surface area (Å²) >= 11 is 0. The highest BCUT2D eigenvalue weighted by Gasteiger charge is 2.29. The third kappa shape index (κ3) is 4.42. The van der Waals surface area contributed by atoms with Gasteiger partial charge in [-0.05, 0) is 31.0 Å². The molecule has 0 saturated heterocycles. The molecule has 0 aliphatic rings. The first-order valence-corrected chi connectivity index (χ1v) is 8.96. The molecule has 8 heteroatoms. The number of primary sulfonamides is 1. The number of nitrogens with zero attached hydrogens (tertiary/aromatic N) is 2. The topological polar surface area (TPSA) is 104 Å². The third-order valence-electron chi connectivity index (χ3n) is 3.94. The van der Waals surface area contributed by atoms with E-state index in [0.717, 1.165) is 11.3 Å². The Balaban J connectivity index is 2.34. The fourth-order valence-electron chi connectivity index (χ4n) is 2.38. The van der Waals surface area contributed by atoms with Gasteiger partial charge in [0.25, 0.3) is 0 Å². The second-order valence-corrected chi connectivity index (χ2v) is 7.36. The van der Waals surface area contributed by atoms with Crippen molar-refractivity contribution in [3.05, 3.63) is 47.9 Å². The highest BCUT2D eigenvalue weighted by Crippen LogP contribution is 2.27. The number of methoxy groups -OCH3 is 2. The molecule has 2 aromatic rings. The number of ether oxygens (including phenoxy) is 2. The fraction of sp³-hybridized carbons (Fsp3) is 0.375. The Morgan fingerprint density at radius 3 is 2.21 bits per heavy atom. The van der Waals surface area contributed by atoms with Crippen molar-refractivity contribution in [2.24, 2.45) is 5.14 Å². The molecule has 2 atom stereocenters. The lowest BCUT2D eigenvalue weighted by Gasteiger charge is -2.22. The minimum atomic E-state index is -3.72. The van der Waals surface area contributed by atoms with Crippen LogP contribution in [0.4, 0.5) is 0 Å². The number of hydrogen-bond acceptors (Lipinski definition) is 6. The quantitative estimate of drug-likeness (QED) is 0.810. The highest BCUT2D eigenvalue weighted by atomic mass is 32.2. The van der Waals surface area contributed by atoms with E-state index in [2.05, 4.69) is 9.97 Å². The molecule has 0 saturated carbocycles. The number of rotatable bonds is 7. The maximum atomic E-state index is 11.8. The summed E-state index contributed by atoms with van der Waals surface area (Å²) in [5.74, 6) is 0.677. The molecular formula is C16H21N3O4S. The van der Waals surface area contributed by atoms with Crippen LogP contribution >= 0.6 is 0 Å². The van der Waals surface area contributed by atoms with Crippen LogP contribution in [0.25, 0.3) is 0 Å². The zero-order chi connectivity index (χ0) is 17.7. The standard InChI is InChI=1S/C16H21N3O4S/c1-11(24(17,20)21)14(15-9-19-16(23-3)10-18-15)8-12-4-6-13(22-2)7-5-12/h4-7,9-11,14H,8H2,1-3H3,(H2,17,20,21). The average molecular weight is 351 g/mol. The summed E-state index contributed by atoms with van der Waals surface area (Å²) in [7, 11) is -0.640. The van der Waals surface area contributed by atoms with Crippen LogP contribution in [0.5, 0.6) is 11.6 Å². The molecule has 130 valence electrons. The molecule has 0 spiro atoms. The van der Waals surface area contributed by atoms with Gasteiger partial charge in [0.05, 0.1) is 37.6 Å². The van der Waals surface area contributed by atoms with E-state index in [4.69, 9.17) is 14.6 Å². The lowest BCUT2D eigenvalue weighted by molar-refractivity contribution is 0.394. The Labute approximate surface area is 141 Å². The minimum Gasteiger partial charge on any atom is -0.497 e. The van der Waals surface area contributed by atoms with Gasteiger partial charge < -0.3 is 9.47 Å². The van der Waals surface area contributed by atoms with E-state index in [1.165, 1.54) is 19.5 Å². The van der Waals surface area contributed by atoms with Crippen molar-refractivity contribution in [3.8, 4) is 11.6 Å². The molecule has 0 fully saturated rings. The summed E-state index contributed by atoms with van der Waals surface area (Å²) in [6.07, 6.45) is 3.45. The van der Waals surface area contributed by atoms with Crippen LogP contribution in [-0.2, 0) is 16.4 Å². The lowest BCUT2D eigenvalue weighted by Crippen LogP contribution is -2.33. The van der Waals surface area contributed by atoms with E-state index in [1.807, 2.05) is 24.3 Å². The van der Waals surface area contributed by atoms with Gasteiger partial charge in [-0.3, -0.25) is 4.98 Å². The van der Waals surface area contributed by atoms with Gasteiger partial charge in [0.1, 0.15) is 5.75 Å². The average Bonchev–Trinajstić information content (AvgIpc) is 2.59. The Hall–Kier alpha value is -2.19. The van der Waals surface area contributed by atoms with Gasteiger partial charge in [0, 0.05) is 5.92 Å². The molecule has 2 N–H and O–H groups in total. The summed E-state index contributed by atoms with van der Waals surface area (Å²) in [6, 6.07) is 7.43. The van der Waals surface area contributed by atoms with Gasteiger partial charge >= 0.3 is 0 Å². The van der Waals surface area contributed by atoms with E-state index in [1.54, 1.807) is 14.0 Å². The van der Waals surface area contributed by atoms with Crippen molar-refractivity contribution < 1.29 is 17.9 Å². The van der Waals surface area contributed by atoms with Gasteiger partial charge in [-0.15, -0.1) is 0 Å². The van der Waals surface area contributed by atoms with E-state index in [-0.39, 0.29) is 0 Å². The fourth-order valence-corrected chi connectivity index (χ4v) is 3.07. The molecule has 24 heavy (non-hydrogen) atoms. The van der Waals surface area contributed by atoms with E-state index in [9.17, 15) is 8.42 Å². The van der Waals surface area contributed by atoms with E-state index in [0.29, 0.717) is 18.0 Å². The van der Waals surface area contributed by atoms with Crippen molar-refractivity contribution in [1.29, 1.82) is 0 Å². The Bertz CT molecular complexity index is 761. The highest BCUT2D eigenvalue weighted by molar-refractivity contribution is 7.89. The molecule has 7 nitrogen and oxygen atoms in total. The maximum absolute atomic E-state index is 11.8. The van der Waals surface area contributed by atoms with Crippen LogP contribution in [0.2, 0.25) is 0 Å². The molecule has 0 amide bonds. The summed E-state index contributed by atoms with van der Waals surface area (Å²) in [5.41, 5.74) is 1.50. The summed E-state index contributed by atoms with van der Waals surface area (Å²) in [4.78, 5) is 8.39. The molecule has 0 bridgehead atoms. The lowest BCUT2D eigenvalue weighted by atomic mass is 9.93. The second-order valence-electron chi connectivity index (χ2n) is 5.44. The number of benzene rings is 1. The third-order valence-corrected chi connectivity index (χ3v) is 5.30. The molecule has 1 aromatic heterocycles. The number of sulfonamides is 1. The Morgan fingerprint density at radius 1 is 1.08 bits per heavy atom. The zero-order valence-electron chi connectivity index (χ0n) is 13.8. The summed E-state index contributed by atoms with van der Waals surface area (Å²) in [6.45, 7) is 1.58. The van der Waals surface area contributed by atoms with Gasteiger partial charge in [-0.1, -0.05) is 12.1 Å².